The molecule has 0 saturated carbocycles. The molecule has 0 bridgehead atoms. The Morgan fingerprint density at radius 2 is 1.50 bits per heavy atom. The van der Waals surface area contributed by atoms with Crippen molar-refractivity contribution >= 4 is 0 Å². The Hall–Kier alpha value is -0.300. The van der Waals surface area contributed by atoms with Gasteiger partial charge in [-0.05, 0) is 45.4 Å². The molecule has 1 heteroatoms. The van der Waals surface area contributed by atoms with Crippen LogP contribution in [0.4, 0.5) is 0 Å². The summed E-state index contributed by atoms with van der Waals surface area (Å²) in [7, 11) is 0. The van der Waals surface area contributed by atoms with Gasteiger partial charge < -0.3 is 4.74 Å². The molecule has 1 nitrogen and oxygen atoms in total. The van der Waals surface area contributed by atoms with Crippen molar-refractivity contribution in [3.05, 3.63) is 12.2 Å². The Bertz CT molecular complexity index is 190. The van der Waals surface area contributed by atoms with Gasteiger partial charge >= 0.3 is 0 Å². The number of allylic oxidation sites excluding steroid dienone is 2. The molecular formula is C15H30O. The smallest absolute Gasteiger partial charge is 0.0598 e. The lowest BCUT2D eigenvalue weighted by Crippen LogP contribution is -2.19. The SMILES string of the molecule is CC(C)(C)/C=C/CCCCCOC(C)(C)C. The second-order valence-corrected chi connectivity index (χ2v) is 6.58. The average Bonchev–Trinajstić information content (AvgIpc) is 2.06. The van der Waals surface area contributed by atoms with Crippen molar-refractivity contribution in [1.82, 2.24) is 0 Å². The highest BCUT2D eigenvalue weighted by molar-refractivity contribution is 4.91. The molecule has 0 fully saturated rings. The summed E-state index contributed by atoms with van der Waals surface area (Å²) in [5, 5.41) is 0. The van der Waals surface area contributed by atoms with Crippen molar-refractivity contribution in [2.24, 2.45) is 5.41 Å². The standard InChI is InChI=1S/C15H30O/c1-14(2,3)12-10-8-7-9-11-13-16-15(4,5)6/h10,12H,7-9,11,13H2,1-6H3/b12-10+. The minimum absolute atomic E-state index is 0.0200. The Balaban J connectivity index is 3.32. The maximum Gasteiger partial charge on any atom is 0.0598 e. The fourth-order valence-electron chi connectivity index (χ4n) is 1.36. The zero-order valence-electron chi connectivity index (χ0n) is 12.1. The molecule has 0 aliphatic heterocycles. The Kier molecular flexibility index (Phi) is 6.98. The topological polar surface area (TPSA) is 9.23 Å². The number of hydrogen-bond donors (Lipinski definition) is 0. The predicted molar refractivity (Wildman–Crippen MR) is 72.8 cm³/mol. The van der Waals surface area contributed by atoms with Gasteiger partial charge in [-0.15, -0.1) is 0 Å². The molecule has 0 N–H and O–H groups in total. The lowest BCUT2D eigenvalue weighted by Gasteiger charge is -2.19. The van der Waals surface area contributed by atoms with Gasteiger partial charge in [0.15, 0.2) is 0 Å². The molecule has 0 atom stereocenters. The highest BCUT2D eigenvalue weighted by Crippen LogP contribution is 2.15. The first-order valence-corrected chi connectivity index (χ1v) is 6.52. The van der Waals surface area contributed by atoms with Crippen LogP contribution in [-0.4, -0.2) is 12.2 Å². The Morgan fingerprint density at radius 1 is 0.875 bits per heavy atom. The van der Waals surface area contributed by atoms with Gasteiger partial charge in [0.25, 0.3) is 0 Å². The summed E-state index contributed by atoms with van der Waals surface area (Å²) in [5.41, 5.74) is 0.349. The fourth-order valence-corrected chi connectivity index (χ4v) is 1.36. The van der Waals surface area contributed by atoms with E-state index in [4.69, 9.17) is 4.74 Å². The third-order valence-electron chi connectivity index (χ3n) is 2.17. The average molecular weight is 226 g/mol. The number of hydrogen-bond acceptors (Lipinski definition) is 1. The van der Waals surface area contributed by atoms with E-state index >= 15 is 0 Å². The molecule has 0 aliphatic carbocycles. The van der Waals surface area contributed by atoms with Crippen LogP contribution in [0.3, 0.4) is 0 Å². The van der Waals surface area contributed by atoms with E-state index in [0.29, 0.717) is 5.41 Å². The van der Waals surface area contributed by atoms with E-state index < -0.39 is 0 Å². The highest BCUT2D eigenvalue weighted by atomic mass is 16.5. The van der Waals surface area contributed by atoms with Crippen LogP contribution < -0.4 is 0 Å². The van der Waals surface area contributed by atoms with Crippen molar-refractivity contribution in [1.29, 1.82) is 0 Å². The first kappa shape index (κ1) is 15.7. The minimum Gasteiger partial charge on any atom is -0.376 e. The number of rotatable bonds is 6. The first-order chi connectivity index (χ1) is 7.21. The highest BCUT2D eigenvalue weighted by Gasteiger charge is 2.08. The summed E-state index contributed by atoms with van der Waals surface area (Å²) in [5.74, 6) is 0. The van der Waals surface area contributed by atoms with Crippen LogP contribution in [0.25, 0.3) is 0 Å². The van der Waals surface area contributed by atoms with Crippen LogP contribution in [0.15, 0.2) is 12.2 Å². The van der Waals surface area contributed by atoms with Crippen molar-refractivity contribution < 1.29 is 4.74 Å². The number of ether oxygens (including phenoxy) is 1. The lowest BCUT2D eigenvalue weighted by molar-refractivity contribution is -0.00468. The van der Waals surface area contributed by atoms with E-state index in [1.807, 2.05) is 0 Å². The van der Waals surface area contributed by atoms with Crippen LogP contribution >= 0.6 is 0 Å². The van der Waals surface area contributed by atoms with Crippen molar-refractivity contribution in [3.8, 4) is 0 Å². The molecule has 0 rings (SSSR count). The molecule has 0 spiro atoms. The predicted octanol–water partition coefficient (Wildman–Crippen LogP) is 4.96. The van der Waals surface area contributed by atoms with E-state index in [2.05, 4.69) is 53.7 Å². The second kappa shape index (κ2) is 7.11. The molecule has 0 saturated heterocycles. The third kappa shape index (κ3) is 13.7. The normalized spacial score (nSPS) is 13.6. The quantitative estimate of drug-likeness (QED) is 0.459. The summed E-state index contributed by atoms with van der Waals surface area (Å²) in [6.45, 7) is 13.9. The van der Waals surface area contributed by atoms with Crippen LogP contribution in [0.5, 0.6) is 0 Å². The molecule has 0 heterocycles. The summed E-state index contributed by atoms with van der Waals surface area (Å²) < 4.78 is 5.67. The van der Waals surface area contributed by atoms with E-state index in [1.165, 1.54) is 25.7 Å². The van der Waals surface area contributed by atoms with Gasteiger partial charge in [0.1, 0.15) is 0 Å². The van der Waals surface area contributed by atoms with Crippen LogP contribution in [0.1, 0.15) is 67.2 Å². The van der Waals surface area contributed by atoms with Gasteiger partial charge in [-0.1, -0.05) is 39.3 Å². The van der Waals surface area contributed by atoms with Crippen molar-refractivity contribution in [2.45, 2.75) is 72.8 Å². The largest absolute Gasteiger partial charge is 0.376 e. The Labute approximate surface area is 102 Å². The summed E-state index contributed by atoms with van der Waals surface area (Å²) in [6, 6.07) is 0. The van der Waals surface area contributed by atoms with E-state index in [-0.39, 0.29) is 5.60 Å². The summed E-state index contributed by atoms with van der Waals surface area (Å²) in [4.78, 5) is 0. The number of unbranched alkanes of at least 4 members (excludes halogenated alkanes) is 3. The molecule has 16 heavy (non-hydrogen) atoms. The van der Waals surface area contributed by atoms with Crippen LogP contribution in [0, 0.1) is 5.41 Å². The van der Waals surface area contributed by atoms with Gasteiger partial charge in [0, 0.05) is 6.61 Å². The van der Waals surface area contributed by atoms with Gasteiger partial charge in [0.2, 0.25) is 0 Å². The zero-order valence-corrected chi connectivity index (χ0v) is 12.1. The van der Waals surface area contributed by atoms with Crippen LogP contribution in [0.2, 0.25) is 0 Å². The van der Waals surface area contributed by atoms with Gasteiger partial charge in [-0.2, -0.15) is 0 Å². The van der Waals surface area contributed by atoms with Crippen molar-refractivity contribution in [2.75, 3.05) is 6.61 Å². The maximum atomic E-state index is 5.67. The molecule has 0 aromatic rings. The lowest BCUT2D eigenvalue weighted by atomic mass is 9.96. The Morgan fingerprint density at radius 3 is 2.00 bits per heavy atom. The van der Waals surface area contributed by atoms with Gasteiger partial charge in [-0.3, -0.25) is 0 Å². The molecule has 0 aliphatic rings. The summed E-state index contributed by atoms with van der Waals surface area (Å²) >= 11 is 0. The molecule has 0 radical (unpaired) electrons. The second-order valence-electron chi connectivity index (χ2n) is 6.58. The third-order valence-corrected chi connectivity index (χ3v) is 2.17. The molecule has 96 valence electrons. The monoisotopic (exact) mass is 226 g/mol. The molecule has 0 amide bonds. The summed E-state index contributed by atoms with van der Waals surface area (Å²) in [6.07, 6.45) is 9.54. The van der Waals surface area contributed by atoms with Gasteiger partial charge in [-0.25, -0.2) is 0 Å². The van der Waals surface area contributed by atoms with Gasteiger partial charge in [0.05, 0.1) is 5.60 Å². The molecule has 0 aromatic carbocycles. The zero-order chi connectivity index (χ0) is 12.7. The fraction of sp³-hybridized carbons (Fsp3) is 0.867. The van der Waals surface area contributed by atoms with E-state index in [0.717, 1.165) is 6.61 Å². The van der Waals surface area contributed by atoms with Crippen molar-refractivity contribution in [3.63, 3.8) is 0 Å². The van der Waals surface area contributed by atoms with Crippen LogP contribution in [-0.2, 0) is 4.74 Å². The molecule has 0 unspecified atom stereocenters. The van der Waals surface area contributed by atoms with E-state index in [9.17, 15) is 0 Å². The molecular weight excluding hydrogens is 196 g/mol. The maximum absolute atomic E-state index is 5.67. The molecule has 0 aromatic heterocycles. The van der Waals surface area contributed by atoms with E-state index in [1.54, 1.807) is 0 Å². The first-order valence-electron chi connectivity index (χ1n) is 6.52. The minimum atomic E-state index is 0.0200.